The second-order valence-electron chi connectivity index (χ2n) is 4.77. The van der Waals surface area contributed by atoms with Crippen molar-refractivity contribution in [2.24, 2.45) is 0 Å². The molecule has 2 nitrogen and oxygen atoms in total. The van der Waals surface area contributed by atoms with Crippen molar-refractivity contribution in [3.8, 4) is 0 Å². The van der Waals surface area contributed by atoms with Gasteiger partial charge in [-0.1, -0.05) is 0 Å². The smallest absolute Gasteiger partial charge is 0.200 e. The predicted octanol–water partition coefficient (Wildman–Crippen LogP) is 2.57. The number of halogens is 5. The van der Waals surface area contributed by atoms with E-state index in [2.05, 4.69) is 10.2 Å². The minimum absolute atomic E-state index is 0.389. The molecule has 0 radical (unpaired) electrons. The second-order valence-corrected chi connectivity index (χ2v) is 4.77. The number of hydrogen-bond donors (Lipinski definition) is 1. The SMILES string of the molecule is Fc1c(F)c(F)c(CNCCN2CCCC2)c(F)c1F. The van der Waals surface area contributed by atoms with Gasteiger partial charge in [-0.2, -0.15) is 0 Å². The van der Waals surface area contributed by atoms with Crippen molar-refractivity contribution in [1.29, 1.82) is 0 Å². The Bertz CT molecular complexity index is 457. The fourth-order valence-corrected chi connectivity index (χ4v) is 2.26. The summed E-state index contributed by atoms with van der Waals surface area (Å²) in [6.07, 6.45) is 2.25. The van der Waals surface area contributed by atoms with Crippen LogP contribution in [-0.2, 0) is 6.54 Å². The van der Waals surface area contributed by atoms with E-state index in [0.29, 0.717) is 13.1 Å². The highest BCUT2D eigenvalue weighted by Crippen LogP contribution is 2.22. The molecule has 1 fully saturated rings. The maximum absolute atomic E-state index is 13.4. The molecule has 0 aromatic heterocycles. The number of nitrogens with one attached hydrogen (secondary N) is 1. The fourth-order valence-electron chi connectivity index (χ4n) is 2.26. The number of nitrogens with zero attached hydrogens (tertiary/aromatic N) is 1. The summed E-state index contributed by atoms with van der Waals surface area (Å²) < 4.78 is 65.5. The van der Waals surface area contributed by atoms with Gasteiger partial charge < -0.3 is 10.2 Å². The molecule has 0 amide bonds. The monoisotopic (exact) mass is 294 g/mol. The highest BCUT2D eigenvalue weighted by atomic mass is 19.2. The lowest BCUT2D eigenvalue weighted by molar-refractivity contribution is 0.332. The van der Waals surface area contributed by atoms with Crippen molar-refractivity contribution in [1.82, 2.24) is 10.2 Å². The van der Waals surface area contributed by atoms with E-state index in [-0.39, 0.29) is 6.54 Å². The number of benzene rings is 1. The quantitative estimate of drug-likeness (QED) is 0.389. The van der Waals surface area contributed by atoms with E-state index in [1.165, 1.54) is 0 Å². The Kier molecular flexibility index (Phi) is 4.93. The Hall–Kier alpha value is -1.21. The molecule has 1 aromatic carbocycles. The van der Waals surface area contributed by atoms with Crippen LogP contribution in [0.15, 0.2) is 0 Å². The molecule has 20 heavy (non-hydrogen) atoms. The third-order valence-corrected chi connectivity index (χ3v) is 3.41. The van der Waals surface area contributed by atoms with Crippen LogP contribution in [0.5, 0.6) is 0 Å². The van der Waals surface area contributed by atoms with E-state index in [0.717, 1.165) is 25.9 Å². The van der Waals surface area contributed by atoms with E-state index >= 15 is 0 Å². The molecule has 1 aromatic rings. The van der Waals surface area contributed by atoms with Crippen LogP contribution in [0, 0.1) is 29.1 Å². The van der Waals surface area contributed by atoms with Gasteiger partial charge >= 0.3 is 0 Å². The zero-order chi connectivity index (χ0) is 14.7. The first kappa shape index (κ1) is 15.2. The van der Waals surface area contributed by atoms with Crippen LogP contribution in [0.1, 0.15) is 18.4 Å². The Morgan fingerprint density at radius 1 is 0.800 bits per heavy atom. The molecule has 1 saturated heterocycles. The van der Waals surface area contributed by atoms with Crippen LogP contribution < -0.4 is 5.32 Å². The molecular formula is C13H15F5N2. The van der Waals surface area contributed by atoms with E-state index < -0.39 is 34.6 Å². The molecule has 0 aliphatic carbocycles. The van der Waals surface area contributed by atoms with Gasteiger partial charge in [0.05, 0.1) is 0 Å². The number of hydrogen-bond acceptors (Lipinski definition) is 2. The Morgan fingerprint density at radius 2 is 1.30 bits per heavy atom. The Morgan fingerprint density at radius 3 is 1.85 bits per heavy atom. The number of rotatable bonds is 5. The summed E-state index contributed by atoms with van der Waals surface area (Å²) in [6.45, 7) is 2.68. The Balaban J connectivity index is 1.95. The van der Waals surface area contributed by atoms with Gasteiger partial charge in [-0.05, 0) is 25.9 Å². The fraction of sp³-hybridized carbons (Fsp3) is 0.538. The predicted molar refractivity (Wildman–Crippen MR) is 63.6 cm³/mol. The van der Waals surface area contributed by atoms with E-state index in [1.54, 1.807) is 0 Å². The van der Waals surface area contributed by atoms with Crippen LogP contribution in [0.3, 0.4) is 0 Å². The van der Waals surface area contributed by atoms with Gasteiger partial charge in [-0.25, -0.2) is 22.0 Å². The highest BCUT2D eigenvalue weighted by molar-refractivity contribution is 5.23. The van der Waals surface area contributed by atoms with Crippen LogP contribution in [0.2, 0.25) is 0 Å². The molecular weight excluding hydrogens is 279 g/mol. The largest absolute Gasteiger partial charge is 0.311 e. The van der Waals surface area contributed by atoms with Gasteiger partial charge in [0.15, 0.2) is 23.3 Å². The van der Waals surface area contributed by atoms with Gasteiger partial charge in [0.2, 0.25) is 5.82 Å². The average molecular weight is 294 g/mol. The summed E-state index contributed by atoms with van der Waals surface area (Å²) in [7, 11) is 0. The van der Waals surface area contributed by atoms with Gasteiger partial charge in [0.1, 0.15) is 0 Å². The van der Waals surface area contributed by atoms with Gasteiger partial charge in [0, 0.05) is 25.2 Å². The molecule has 1 heterocycles. The molecule has 0 bridgehead atoms. The number of likely N-dealkylation sites (tertiary alicyclic amines) is 1. The first-order chi connectivity index (χ1) is 9.52. The molecule has 112 valence electrons. The van der Waals surface area contributed by atoms with Crippen molar-refractivity contribution in [2.45, 2.75) is 19.4 Å². The first-order valence-corrected chi connectivity index (χ1v) is 6.45. The van der Waals surface area contributed by atoms with E-state index in [4.69, 9.17) is 0 Å². The molecule has 7 heteroatoms. The minimum atomic E-state index is -2.12. The zero-order valence-electron chi connectivity index (χ0n) is 10.8. The van der Waals surface area contributed by atoms with Crippen molar-refractivity contribution in [2.75, 3.05) is 26.2 Å². The molecule has 0 atom stereocenters. The van der Waals surface area contributed by atoms with Gasteiger partial charge in [-0.15, -0.1) is 0 Å². The standard InChI is InChI=1S/C13H15F5N2/c14-9-8(10(15)12(17)13(18)11(9)16)7-19-3-6-20-4-1-2-5-20/h19H,1-7H2. The molecule has 2 rings (SSSR count). The molecule has 0 spiro atoms. The minimum Gasteiger partial charge on any atom is -0.311 e. The summed E-state index contributed by atoms with van der Waals surface area (Å²) >= 11 is 0. The van der Waals surface area contributed by atoms with Crippen molar-refractivity contribution >= 4 is 0 Å². The van der Waals surface area contributed by atoms with Crippen LogP contribution in [0.4, 0.5) is 22.0 Å². The Labute approximate surface area is 113 Å². The summed E-state index contributed by atoms with van der Waals surface area (Å²) in [5.41, 5.74) is -0.817. The van der Waals surface area contributed by atoms with Crippen molar-refractivity contribution in [3.63, 3.8) is 0 Å². The third-order valence-electron chi connectivity index (χ3n) is 3.41. The van der Waals surface area contributed by atoms with Crippen LogP contribution in [0.25, 0.3) is 0 Å². The van der Waals surface area contributed by atoms with Gasteiger partial charge in [0.25, 0.3) is 0 Å². The summed E-state index contributed by atoms with van der Waals surface area (Å²) in [5, 5.41) is 2.71. The summed E-state index contributed by atoms with van der Waals surface area (Å²) in [4.78, 5) is 2.17. The lowest BCUT2D eigenvalue weighted by Crippen LogP contribution is -2.30. The van der Waals surface area contributed by atoms with E-state index in [9.17, 15) is 22.0 Å². The van der Waals surface area contributed by atoms with E-state index in [1.807, 2.05) is 0 Å². The topological polar surface area (TPSA) is 15.3 Å². The highest BCUT2D eigenvalue weighted by Gasteiger charge is 2.25. The molecule has 0 saturated carbocycles. The normalized spacial score (nSPS) is 16.1. The maximum atomic E-state index is 13.4. The molecule has 1 aliphatic rings. The first-order valence-electron chi connectivity index (χ1n) is 6.45. The molecule has 0 unspecified atom stereocenters. The lowest BCUT2D eigenvalue weighted by atomic mass is 10.1. The maximum Gasteiger partial charge on any atom is 0.200 e. The van der Waals surface area contributed by atoms with Crippen molar-refractivity contribution < 1.29 is 22.0 Å². The van der Waals surface area contributed by atoms with Crippen LogP contribution in [-0.4, -0.2) is 31.1 Å². The molecule has 1 N–H and O–H groups in total. The van der Waals surface area contributed by atoms with Gasteiger partial charge in [-0.3, -0.25) is 0 Å². The summed E-state index contributed by atoms with van der Waals surface area (Å²) in [6, 6.07) is 0. The third kappa shape index (κ3) is 3.09. The zero-order valence-corrected chi connectivity index (χ0v) is 10.8. The van der Waals surface area contributed by atoms with Crippen LogP contribution >= 0.6 is 0 Å². The van der Waals surface area contributed by atoms with Crippen molar-refractivity contribution in [3.05, 3.63) is 34.6 Å². The lowest BCUT2D eigenvalue weighted by Gasteiger charge is -2.15. The average Bonchev–Trinajstić information content (AvgIpc) is 2.95. The summed E-state index contributed by atoms with van der Waals surface area (Å²) in [5.74, 6) is -9.47. The second kappa shape index (κ2) is 6.49. The molecule has 1 aliphatic heterocycles.